The summed E-state index contributed by atoms with van der Waals surface area (Å²) in [6, 6.07) is 15.9. The van der Waals surface area contributed by atoms with E-state index in [0.29, 0.717) is 42.5 Å². The Morgan fingerprint density at radius 3 is 1.47 bits per heavy atom. The maximum atomic E-state index is 14.6. The monoisotopic (exact) mass is 646 g/mol. The molecule has 4 aliphatic rings. The first kappa shape index (κ1) is 27.4. The van der Waals surface area contributed by atoms with Crippen LogP contribution in [0.5, 0.6) is 0 Å². The van der Waals surface area contributed by atoms with Crippen LogP contribution >= 0.6 is 79.9 Å². The molecule has 2 nitrogen and oxygen atoms in total. The molecule has 4 aliphatic carbocycles. The Morgan fingerprint density at radius 1 is 0.684 bits per heavy atom. The Kier molecular flexibility index (Phi) is 7.39. The van der Waals surface area contributed by atoms with E-state index >= 15 is 0 Å². The molecular weight excluding hydrogens is 625 g/mol. The number of hydrogen-bond donors (Lipinski definition) is 0. The molecule has 0 aromatic heterocycles. The number of hydrogen-bond acceptors (Lipinski definition) is 2. The van der Waals surface area contributed by atoms with Gasteiger partial charge in [0.2, 0.25) is 0 Å². The van der Waals surface area contributed by atoms with E-state index in [2.05, 4.69) is 0 Å². The molecule has 0 N–H and O–H groups in total. The van der Waals surface area contributed by atoms with Gasteiger partial charge in [0.1, 0.15) is 0 Å². The average Bonchev–Trinajstić information content (AvgIpc) is 2.82. The number of carbonyl (C=O) groups is 1. The van der Waals surface area contributed by atoms with Crippen molar-refractivity contribution in [2.24, 2.45) is 23.2 Å². The lowest BCUT2D eigenvalue weighted by Crippen LogP contribution is -2.50. The largest absolute Gasteiger partial charge is 0.401 e. The van der Waals surface area contributed by atoms with Crippen molar-refractivity contribution < 1.29 is 8.98 Å². The molecule has 0 spiro atoms. The minimum Gasteiger partial charge on any atom is -0.401 e. The van der Waals surface area contributed by atoms with Crippen molar-refractivity contribution in [3.05, 3.63) is 84.7 Å². The van der Waals surface area contributed by atoms with E-state index in [4.69, 9.17) is 73.8 Å². The molecule has 9 heteroatoms. The molecule has 3 aromatic carbocycles. The van der Waals surface area contributed by atoms with Crippen LogP contribution in [-0.2, 0) is 8.98 Å². The second-order valence-corrected chi connectivity index (χ2v) is 15.9. The fourth-order valence-corrected chi connectivity index (χ4v) is 13.4. The highest BCUT2D eigenvalue weighted by Crippen LogP contribution is 2.76. The summed E-state index contributed by atoms with van der Waals surface area (Å²) in [5, 5.41) is 1.80. The molecule has 0 atom stereocenters. The van der Waals surface area contributed by atoms with Crippen LogP contribution in [0, 0.1) is 23.2 Å². The van der Waals surface area contributed by atoms with Gasteiger partial charge in [-0.1, -0.05) is 87.8 Å². The molecule has 4 fully saturated rings. The lowest BCUT2D eigenvalue weighted by molar-refractivity contribution is -0.160. The number of carbonyl (C=O) groups excluding carboxylic acids is 1. The van der Waals surface area contributed by atoms with Gasteiger partial charge in [0.05, 0.1) is 35.3 Å². The number of halogens is 6. The van der Waals surface area contributed by atoms with E-state index in [-0.39, 0.29) is 26.1 Å². The minimum atomic E-state index is -2.98. The molecule has 0 heterocycles. The standard InChI is InChI=1S/C29H24Cl6O2S/c30-19-9-22(32)26(23(33)10-19)38(21-4-2-1-3-5-21,27-24(34)11-20(31)12-25(27)35)37-28(36)29-13-16-6-17(14-29)8-18(7-16)15-29/h1-5,9-12,16-18H,6-8,13-15H2. The van der Waals surface area contributed by atoms with Crippen LogP contribution in [0.25, 0.3) is 0 Å². The smallest absolute Gasteiger partial charge is 0.323 e. The summed E-state index contributed by atoms with van der Waals surface area (Å²) in [4.78, 5) is 16.1. The molecule has 0 saturated heterocycles. The predicted octanol–water partition coefficient (Wildman–Crippen LogP) is 11.6. The zero-order valence-corrected chi connectivity index (χ0v) is 25.5. The normalized spacial score (nSPS) is 26.4. The molecule has 7 rings (SSSR count). The second kappa shape index (κ2) is 10.2. The molecule has 0 amide bonds. The van der Waals surface area contributed by atoms with Crippen LogP contribution in [0.4, 0.5) is 0 Å². The van der Waals surface area contributed by atoms with Gasteiger partial charge < -0.3 is 4.18 Å². The fraction of sp³-hybridized carbons (Fsp3) is 0.345. The summed E-state index contributed by atoms with van der Waals surface area (Å²) >= 11 is 40.3. The molecule has 200 valence electrons. The van der Waals surface area contributed by atoms with Crippen molar-refractivity contribution >= 4 is 85.9 Å². The fourth-order valence-electron chi connectivity index (χ4n) is 7.25. The van der Waals surface area contributed by atoms with Gasteiger partial charge in [0, 0.05) is 14.9 Å². The SMILES string of the molecule is O=C(OS(c1ccccc1)(c1c(Cl)cc(Cl)cc1Cl)c1c(Cl)cc(Cl)cc1Cl)C12CC3CC(CC(C3)C1)C2. The summed E-state index contributed by atoms with van der Waals surface area (Å²) in [6.45, 7) is 0. The van der Waals surface area contributed by atoms with Crippen molar-refractivity contribution in [3.8, 4) is 0 Å². The molecule has 4 saturated carbocycles. The maximum absolute atomic E-state index is 14.6. The van der Waals surface area contributed by atoms with Crippen LogP contribution in [-0.4, -0.2) is 5.97 Å². The first-order valence-electron chi connectivity index (χ1n) is 12.5. The van der Waals surface area contributed by atoms with Crippen LogP contribution < -0.4 is 0 Å². The summed E-state index contributed by atoms with van der Waals surface area (Å²) in [5.74, 6) is 1.43. The third-order valence-corrected chi connectivity index (χ3v) is 13.7. The van der Waals surface area contributed by atoms with Gasteiger partial charge in [0.25, 0.3) is 0 Å². The Labute approximate surface area is 254 Å². The topological polar surface area (TPSA) is 26.3 Å². The lowest BCUT2D eigenvalue weighted by Gasteiger charge is -2.56. The van der Waals surface area contributed by atoms with Crippen molar-refractivity contribution in [2.45, 2.75) is 53.2 Å². The van der Waals surface area contributed by atoms with Crippen LogP contribution in [0.15, 0.2) is 69.3 Å². The highest BCUT2D eigenvalue weighted by Gasteiger charge is 2.57. The Hall–Kier alpha value is -0.780. The highest BCUT2D eigenvalue weighted by molar-refractivity contribution is 8.30. The molecule has 0 aliphatic heterocycles. The molecule has 0 unspecified atom stereocenters. The zero-order valence-electron chi connectivity index (χ0n) is 20.2. The van der Waals surface area contributed by atoms with Gasteiger partial charge in [-0.3, -0.25) is 4.79 Å². The summed E-state index contributed by atoms with van der Waals surface area (Å²) in [7, 11) is -2.98. The minimum absolute atomic E-state index is 0.236. The van der Waals surface area contributed by atoms with Gasteiger partial charge in [-0.15, -0.1) is 0 Å². The summed E-state index contributed by atoms with van der Waals surface area (Å²) < 4.78 is 6.90. The third kappa shape index (κ3) is 4.55. The Morgan fingerprint density at radius 2 is 1.08 bits per heavy atom. The average molecular weight is 649 g/mol. The molecular formula is C29H24Cl6O2S. The predicted molar refractivity (Wildman–Crippen MR) is 158 cm³/mol. The van der Waals surface area contributed by atoms with Gasteiger partial charge >= 0.3 is 5.97 Å². The molecule has 0 radical (unpaired) electrons. The van der Waals surface area contributed by atoms with Crippen LogP contribution in [0.3, 0.4) is 0 Å². The molecule has 38 heavy (non-hydrogen) atoms. The van der Waals surface area contributed by atoms with E-state index < -0.39 is 15.7 Å². The first-order valence-corrected chi connectivity index (χ1v) is 16.4. The molecule has 4 bridgehead atoms. The van der Waals surface area contributed by atoms with Crippen molar-refractivity contribution in [1.29, 1.82) is 0 Å². The van der Waals surface area contributed by atoms with Crippen molar-refractivity contribution in [1.82, 2.24) is 0 Å². The highest BCUT2D eigenvalue weighted by atomic mass is 35.5. The summed E-state index contributed by atoms with van der Waals surface area (Å²) in [5.41, 5.74) is -0.543. The van der Waals surface area contributed by atoms with Crippen LogP contribution in [0.1, 0.15) is 38.5 Å². The van der Waals surface area contributed by atoms with Gasteiger partial charge in [-0.25, -0.2) is 0 Å². The quantitative estimate of drug-likeness (QED) is 0.275. The van der Waals surface area contributed by atoms with E-state index in [9.17, 15) is 4.79 Å². The van der Waals surface area contributed by atoms with E-state index in [1.165, 1.54) is 19.3 Å². The maximum Gasteiger partial charge on any atom is 0.323 e. The van der Waals surface area contributed by atoms with Crippen molar-refractivity contribution in [2.75, 3.05) is 0 Å². The lowest BCUT2D eigenvalue weighted by atomic mass is 9.49. The summed E-state index contributed by atoms with van der Waals surface area (Å²) in [6.07, 6.45) is 6.12. The van der Waals surface area contributed by atoms with E-state index in [1.807, 2.05) is 30.3 Å². The number of rotatable bonds is 5. The van der Waals surface area contributed by atoms with Gasteiger partial charge in [0.15, 0.2) is 0 Å². The van der Waals surface area contributed by atoms with Crippen LogP contribution in [0.2, 0.25) is 30.1 Å². The van der Waals surface area contributed by atoms with E-state index in [0.717, 1.165) is 19.3 Å². The second-order valence-electron chi connectivity index (χ2n) is 10.8. The Bertz CT molecular complexity index is 1290. The number of benzene rings is 3. The van der Waals surface area contributed by atoms with Gasteiger partial charge in [-0.05, 0) is 103 Å². The van der Waals surface area contributed by atoms with Gasteiger partial charge in [-0.2, -0.15) is 0 Å². The third-order valence-electron chi connectivity index (χ3n) is 8.25. The van der Waals surface area contributed by atoms with E-state index in [1.54, 1.807) is 24.3 Å². The molecule has 3 aromatic rings. The first-order chi connectivity index (χ1) is 18.1. The zero-order chi connectivity index (χ0) is 26.8. The Balaban J connectivity index is 1.63. The van der Waals surface area contributed by atoms with Crippen molar-refractivity contribution in [3.63, 3.8) is 0 Å².